The van der Waals surface area contributed by atoms with Crippen molar-refractivity contribution >= 4 is 5.91 Å². The van der Waals surface area contributed by atoms with Crippen LogP contribution in [0.4, 0.5) is 0 Å². The fourth-order valence-electron chi connectivity index (χ4n) is 2.16. The van der Waals surface area contributed by atoms with E-state index in [1.165, 1.54) is 10.8 Å². The summed E-state index contributed by atoms with van der Waals surface area (Å²) in [5.41, 5.74) is 2.38. The Morgan fingerprint density at radius 2 is 2.09 bits per heavy atom. The molecule has 0 bridgehead atoms. The van der Waals surface area contributed by atoms with Crippen LogP contribution in [0.25, 0.3) is 0 Å². The first-order valence-electron chi connectivity index (χ1n) is 6.93. The predicted octanol–water partition coefficient (Wildman–Crippen LogP) is 1.65. The zero-order valence-electron chi connectivity index (χ0n) is 12.6. The maximum atomic E-state index is 12.0. The van der Waals surface area contributed by atoms with E-state index in [2.05, 4.69) is 5.32 Å². The van der Waals surface area contributed by atoms with Gasteiger partial charge in [0.2, 0.25) is 5.91 Å². The molecule has 0 aliphatic heterocycles. The molecule has 2 aromatic rings. The predicted molar refractivity (Wildman–Crippen MR) is 83.2 cm³/mol. The molecule has 112 valence electrons. The van der Waals surface area contributed by atoms with E-state index in [4.69, 9.17) is 5.26 Å². The Labute approximate surface area is 128 Å². The van der Waals surface area contributed by atoms with Gasteiger partial charge in [-0.05, 0) is 31.0 Å². The minimum Gasteiger partial charge on any atom is -0.350 e. The second-order valence-corrected chi connectivity index (χ2v) is 5.18. The van der Waals surface area contributed by atoms with Gasteiger partial charge >= 0.3 is 0 Å². The average Bonchev–Trinajstić information content (AvgIpc) is 2.49. The lowest BCUT2D eigenvalue weighted by Crippen LogP contribution is -2.32. The normalized spacial score (nSPS) is 10.0. The number of nitrogens with zero attached hydrogens (tertiary/aromatic N) is 2. The molecule has 0 unspecified atom stereocenters. The van der Waals surface area contributed by atoms with Crippen molar-refractivity contribution in [3.63, 3.8) is 0 Å². The monoisotopic (exact) mass is 295 g/mol. The first-order valence-corrected chi connectivity index (χ1v) is 6.93. The Morgan fingerprint density at radius 1 is 1.32 bits per heavy atom. The molecule has 0 radical (unpaired) electrons. The van der Waals surface area contributed by atoms with Crippen LogP contribution in [0.15, 0.2) is 41.3 Å². The number of aryl methyl sites for hydroxylation is 2. The molecular weight excluding hydrogens is 278 g/mol. The second-order valence-electron chi connectivity index (χ2n) is 5.18. The van der Waals surface area contributed by atoms with Crippen LogP contribution in [0.3, 0.4) is 0 Å². The van der Waals surface area contributed by atoms with Crippen molar-refractivity contribution in [1.82, 2.24) is 9.88 Å². The van der Waals surface area contributed by atoms with Crippen LogP contribution in [0, 0.1) is 25.2 Å². The van der Waals surface area contributed by atoms with Gasteiger partial charge < -0.3 is 9.88 Å². The van der Waals surface area contributed by atoms with Gasteiger partial charge in [0.25, 0.3) is 5.56 Å². The van der Waals surface area contributed by atoms with Crippen LogP contribution in [0.2, 0.25) is 0 Å². The minimum absolute atomic E-state index is 0.0778. The number of hydrogen-bond donors (Lipinski definition) is 1. The molecular formula is C17H17N3O2. The lowest BCUT2D eigenvalue weighted by molar-refractivity contribution is -0.121. The molecule has 2 rings (SSSR count). The molecule has 0 atom stereocenters. The molecule has 1 N–H and O–H groups in total. The van der Waals surface area contributed by atoms with Crippen molar-refractivity contribution in [2.45, 2.75) is 26.9 Å². The van der Waals surface area contributed by atoms with Crippen molar-refractivity contribution < 1.29 is 4.79 Å². The molecule has 1 amide bonds. The fourth-order valence-corrected chi connectivity index (χ4v) is 2.16. The van der Waals surface area contributed by atoms with E-state index in [9.17, 15) is 9.59 Å². The lowest BCUT2D eigenvalue weighted by atomic mass is 10.1. The molecule has 0 fully saturated rings. The highest BCUT2D eigenvalue weighted by Crippen LogP contribution is 2.03. The fraction of sp³-hybridized carbons (Fsp3) is 0.235. The van der Waals surface area contributed by atoms with Crippen molar-refractivity contribution in [3.05, 3.63) is 69.1 Å². The summed E-state index contributed by atoms with van der Waals surface area (Å²) in [5, 5.41) is 11.7. The third kappa shape index (κ3) is 3.61. The lowest BCUT2D eigenvalue weighted by Gasteiger charge is -2.09. The van der Waals surface area contributed by atoms with Crippen molar-refractivity contribution in [3.8, 4) is 6.07 Å². The summed E-state index contributed by atoms with van der Waals surface area (Å²) in [6.45, 7) is 3.99. The van der Waals surface area contributed by atoms with Gasteiger partial charge in [0, 0.05) is 12.7 Å². The molecule has 1 aromatic carbocycles. The van der Waals surface area contributed by atoms with E-state index in [1.807, 2.05) is 37.3 Å². The number of amides is 1. The summed E-state index contributed by atoms with van der Waals surface area (Å²) in [6.07, 6.45) is 1.53. The van der Waals surface area contributed by atoms with E-state index in [0.29, 0.717) is 12.1 Å². The molecule has 0 spiro atoms. The number of aromatic nitrogens is 1. The van der Waals surface area contributed by atoms with Gasteiger partial charge in [-0.1, -0.05) is 29.8 Å². The molecule has 22 heavy (non-hydrogen) atoms. The number of rotatable bonds is 4. The summed E-state index contributed by atoms with van der Waals surface area (Å²) >= 11 is 0. The highest BCUT2D eigenvalue weighted by molar-refractivity contribution is 5.75. The Hall–Kier alpha value is -2.87. The van der Waals surface area contributed by atoms with Crippen LogP contribution in [-0.2, 0) is 17.9 Å². The minimum atomic E-state index is -0.437. The Bertz CT molecular complexity index is 800. The summed E-state index contributed by atoms with van der Waals surface area (Å²) in [4.78, 5) is 24.0. The maximum Gasteiger partial charge on any atom is 0.269 e. The first-order chi connectivity index (χ1) is 10.5. The SMILES string of the molecule is Cc1cccc(CNC(=O)Cn2ccc(C)c(C#N)c2=O)c1. The number of pyridine rings is 1. The van der Waals surface area contributed by atoms with E-state index in [-0.39, 0.29) is 18.0 Å². The number of hydrogen-bond acceptors (Lipinski definition) is 3. The van der Waals surface area contributed by atoms with Crippen LogP contribution in [-0.4, -0.2) is 10.5 Å². The molecule has 1 aromatic heterocycles. The second kappa shape index (κ2) is 6.72. The highest BCUT2D eigenvalue weighted by atomic mass is 16.2. The molecule has 0 aliphatic rings. The Balaban J connectivity index is 2.04. The number of nitriles is 1. The summed E-state index contributed by atoms with van der Waals surface area (Å²) in [6, 6.07) is 11.4. The summed E-state index contributed by atoms with van der Waals surface area (Å²) in [5.74, 6) is -0.267. The zero-order valence-corrected chi connectivity index (χ0v) is 12.6. The van der Waals surface area contributed by atoms with Crippen molar-refractivity contribution in [1.29, 1.82) is 5.26 Å². The third-order valence-corrected chi connectivity index (χ3v) is 3.37. The van der Waals surface area contributed by atoms with Crippen LogP contribution in [0.1, 0.15) is 22.3 Å². The standard InChI is InChI=1S/C17H17N3O2/c1-12-4-3-5-14(8-12)10-19-16(21)11-20-7-6-13(2)15(9-18)17(20)22/h3-8H,10-11H2,1-2H3,(H,19,21). The highest BCUT2D eigenvalue weighted by Gasteiger charge is 2.09. The van der Waals surface area contributed by atoms with E-state index >= 15 is 0 Å². The van der Waals surface area contributed by atoms with Gasteiger partial charge in [0.15, 0.2) is 0 Å². The van der Waals surface area contributed by atoms with E-state index in [0.717, 1.165) is 11.1 Å². The topological polar surface area (TPSA) is 74.9 Å². The van der Waals surface area contributed by atoms with E-state index in [1.54, 1.807) is 13.0 Å². The largest absolute Gasteiger partial charge is 0.350 e. The van der Waals surface area contributed by atoms with Gasteiger partial charge in [0.1, 0.15) is 18.2 Å². The number of benzene rings is 1. The molecule has 0 saturated carbocycles. The van der Waals surface area contributed by atoms with Crippen molar-refractivity contribution in [2.75, 3.05) is 0 Å². The summed E-state index contributed by atoms with van der Waals surface area (Å²) in [7, 11) is 0. The molecule has 5 nitrogen and oxygen atoms in total. The zero-order chi connectivity index (χ0) is 16.1. The smallest absolute Gasteiger partial charge is 0.269 e. The molecule has 5 heteroatoms. The Morgan fingerprint density at radius 3 is 2.77 bits per heavy atom. The summed E-state index contributed by atoms with van der Waals surface area (Å²) < 4.78 is 1.25. The average molecular weight is 295 g/mol. The van der Waals surface area contributed by atoms with Crippen LogP contribution < -0.4 is 10.9 Å². The number of carbonyl (C=O) groups excluding carboxylic acids is 1. The van der Waals surface area contributed by atoms with Crippen LogP contribution >= 0.6 is 0 Å². The number of carbonyl (C=O) groups is 1. The molecule has 0 aliphatic carbocycles. The van der Waals surface area contributed by atoms with Gasteiger partial charge in [-0.15, -0.1) is 0 Å². The maximum absolute atomic E-state index is 12.0. The van der Waals surface area contributed by atoms with E-state index < -0.39 is 5.56 Å². The van der Waals surface area contributed by atoms with Crippen molar-refractivity contribution in [2.24, 2.45) is 0 Å². The van der Waals surface area contributed by atoms with Gasteiger partial charge in [-0.3, -0.25) is 9.59 Å². The van der Waals surface area contributed by atoms with Gasteiger partial charge in [0.05, 0.1) is 0 Å². The first kappa shape index (κ1) is 15.5. The molecule has 0 saturated heterocycles. The quantitative estimate of drug-likeness (QED) is 0.932. The Kier molecular flexibility index (Phi) is 4.74. The molecule has 1 heterocycles. The van der Waals surface area contributed by atoms with Gasteiger partial charge in [-0.25, -0.2) is 0 Å². The van der Waals surface area contributed by atoms with Crippen LogP contribution in [0.5, 0.6) is 0 Å². The van der Waals surface area contributed by atoms with Gasteiger partial charge in [-0.2, -0.15) is 5.26 Å². The number of nitrogens with one attached hydrogen (secondary N) is 1. The third-order valence-electron chi connectivity index (χ3n) is 3.37.